The molecule has 3 aliphatic heterocycles. The van der Waals surface area contributed by atoms with Gasteiger partial charge in [0.15, 0.2) is 0 Å². The van der Waals surface area contributed by atoms with Gasteiger partial charge in [0.05, 0.1) is 63.7 Å². The summed E-state index contributed by atoms with van der Waals surface area (Å²) in [5, 5.41) is 55.6. The number of aliphatic hydroxyl groups is 2. The number of rotatable bonds is 35. The van der Waals surface area contributed by atoms with Gasteiger partial charge in [0.25, 0.3) is 16.6 Å². The van der Waals surface area contributed by atoms with E-state index in [1.165, 1.54) is 6.92 Å². The molecule has 3 aliphatic rings. The molecule has 11 N–H and O–H groups in total. The van der Waals surface area contributed by atoms with E-state index in [4.69, 9.17) is 30.5 Å². The fraction of sp³-hybridized carbons (Fsp3) is 0.667. The van der Waals surface area contributed by atoms with E-state index in [0.717, 1.165) is 25.0 Å². The lowest BCUT2D eigenvalue weighted by Crippen LogP contribution is -2.63. The lowest BCUT2D eigenvalue weighted by molar-refractivity contribution is -0.296. The first kappa shape index (κ1) is 58.8. The molecule has 0 radical (unpaired) electrons. The van der Waals surface area contributed by atoms with E-state index in [1.807, 2.05) is 11.8 Å². The van der Waals surface area contributed by atoms with Crippen LogP contribution in [0.4, 0.5) is 16.2 Å². The van der Waals surface area contributed by atoms with Crippen LogP contribution in [0.3, 0.4) is 0 Å². The maximum Gasteiger partial charge on any atom is 0.364 e. The number of carboxylic acid groups (broad SMARTS) is 1. The first-order chi connectivity index (χ1) is 35.1. The molecule has 5 rings (SSSR count). The monoisotopic (exact) mass is 1070 g/mol. The molecule has 25 heteroatoms. The first-order valence-electron chi connectivity index (χ1n) is 24.9. The van der Waals surface area contributed by atoms with Crippen molar-refractivity contribution in [1.82, 2.24) is 31.9 Å². The maximum absolute atomic E-state index is 12.5. The number of halogens is 1. The van der Waals surface area contributed by atoms with Gasteiger partial charge in [0.1, 0.15) is 23.6 Å². The third-order valence-corrected chi connectivity index (χ3v) is 14.4. The van der Waals surface area contributed by atoms with Gasteiger partial charge in [-0.2, -0.15) is 11.8 Å². The molecule has 3 heterocycles. The number of urea groups is 1. The van der Waals surface area contributed by atoms with E-state index in [2.05, 4.69) is 42.5 Å². The van der Waals surface area contributed by atoms with Crippen molar-refractivity contribution in [2.24, 2.45) is 0 Å². The Kier molecular flexibility index (Phi) is 24.4. The molecule has 73 heavy (non-hydrogen) atoms. The van der Waals surface area contributed by atoms with Crippen LogP contribution in [-0.4, -0.2) is 170 Å². The van der Waals surface area contributed by atoms with E-state index in [0.29, 0.717) is 61.0 Å². The van der Waals surface area contributed by atoms with Crippen LogP contribution in [0.25, 0.3) is 0 Å². The van der Waals surface area contributed by atoms with Crippen molar-refractivity contribution < 1.29 is 63.0 Å². The second kappa shape index (κ2) is 30.3. The Bertz CT molecular complexity index is 2200. The Balaban J connectivity index is 0.867. The zero-order valence-corrected chi connectivity index (χ0v) is 42.7. The summed E-state index contributed by atoms with van der Waals surface area (Å²) in [4.78, 5) is 97.3. The number of carboxylic acids is 1. The van der Waals surface area contributed by atoms with Crippen molar-refractivity contribution in [3.63, 3.8) is 0 Å². The average Bonchev–Trinajstić information content (AvgIpc) is 3.93. The number of aliphatic carboxylic acids is 1. The highest BCUT2D eigenvalue weighted by molar-refractivity contribution is 8.00. The number of benzene rings is 1. The number of aliphatic hydroxyl groups excluding tert-OH is 2. The molecular weight excluding hydrogens is 996 g/mol. The van der Waals surface area contributed by atoms with Gasteiger partial charge in [-0.3, -0.25) is 28.8 Å². The second-order valence-corrected chi connectivity index (χ2v) is 19.9. The third-order valence-electron chi connectivity index (χ3n) is 12.6. The zero-order valence-electron chi connectivity index (χ0n) is 41.1. The molecule has 0 spiro atoms. The summed E-state index contributed by atoms with van der Waals surface area (Å²) in [7, 11) is 0. The minimum atomic E-state index is -2.17. The van der Waals surface area contributed by atoms with Gasteiger partial charge in [0.2, 0.25) is 23.6 Å². The van der Waals surface area contributed by atoms with Crippen LogP contribution in [0, 0.1) is 0 Å². The summed E-state index contributed by atoms with van der Waals surface area (Å²) in [6.07, 6.45) is 0.690. The number of thioether (sulfide) groups is 1. The van der Waals surface area contributed by atoms with E-state index < -0.39 is 58.8 Å². The lowest BCUT2D eigenvalue weighted by Gasteiger charge is -2.44. The molecule has 406 valence electrons. The lowest BCUT2D eigenvalue weighted by atomic mass is 9.90. The molecule has 0 aromatic heterocycles. The SMILES string of the molecule is CC(=O)N[C@@H]1CC[C@](OCCCCCCNc2c(NCCOCCNC(=O)CCOCCNC(=O)CCCC[C@H]3SC[C@H]4NC(=O)N[C@H]43)c(=O)c2=O)(C(=O)O)O[C@H]1[C@H](O)[C@H](O)CNC(=O)Cc1ccc(Cl)cc1. The molecule has 3 saturated heterocycles. The van der Waals surface area contributed by atoms with Gasteiger partial charge in [-0.05, 0) is 49.8 Å². The summed E-state index contributed by atoms with van der Waals surface area (Å²) in [6.45, 7) is 3.01. The van der Waals surface area contributed by atoms with Crippen LogP contribution >= 0.6 is 23.4 Å². The molecule has 8 atom stereocenters. The summed E-state index contributed by atoms with van der Waals surface area (Å²) in [5.74, 6) is -3.86. The van der Waals surface area contributed by atoms with Crippen LogP contribution in [0.2, 0.25) is 5.02 Å². The van der Waals surface area contributed by atoms with Gasteiger partial charge >= 0.3 is 12.0 Å². The van der Waals surface area contributed by atoms with Crippen molar-refractivity contribution in [3.8, 4) is 0 Å². The Morgan fingerprint density at radius 2 is 1.45 bits per heavy atom. The molecule has 2 aromatic carbocycles. The quantitative estimate of drug-likeness (QED) is 0.0251. The molecule has 0 bridgehead atoms. The van der Waals surface area contributed by atoms with E-state index in [-0.39, 0.29) is 120 Å². The van der Waals surface area contributed by atoms with Gasteiger partial charge in [0, 0.05) is 74.9 Å². The van der Waals surface area contributed by atoms with Crippen LogP contribution < -0.4 is 53.4 Å². The number of anilines is 2. The number of carbonyl (C=O) groups is 6. The number of ether oxygens (including phenoxy) is 4. The second-order valence-electron chi connectivity index (χ2n) is 18.2. The molecule has 23 nitrogen and oxygen atoms in total. The molecule has 0 aliphatic carbocycles. The minimum absolute atomic E-state index is 0.0124. The summed E-state index contributed by atoms with van der Waals surface area (Å²) < 4.78 is 22.7. The average molecular weight is 1070 g/mol. The number of nitrogens with one attached hydrogen (secondary N) is 8. The predicted octanol–water partition coefficient (Wildman–Crippen LogP) is 0.264. The van der Waals surface area contributed by atoms with Crippen LogP contribution in [0.15, 0.2) is 33.9 Å². The highest BCUT2D eigenvalue weighted by atomic mass is 35.5. The maximum atomic E-state index is 12.5. The van der Waals surface area contributed by atoms with Crippen molar-refractivity contribution in [3.05, 3.63) is 55.3 Å². The normalized spacial score (nSPS) is 22.1. The smallest absolute Gasteiger partial charge is 0.364 e. The van der Waals surface area contributed by atoms with Gasteiger partial charge in [-0.15, -0.1) is 0 Å². The molecule has 6 amide bonds. The highest BCUT2D eigenvalue weighted by Gasteiger charge is 2.52. The van der Waals surface area contributed by atoms with Gasteiger partial charge in [-0.1, -0.05) is 43.0 Å². The standard InChI is InChI=1S/C48H71ClN8O15S/c1-29(58)55-32-14-16-48(46(66)67,72-45(32)42(63)34(59)27-54-38(62)26-30-10-12-31(49)13-11-30)71-21-7-3-2-6-17-52-40-41(44(65)43(40)64)53-20-25-70-24-19-51-37(61)15-22-69-23-18-50-36(60)9-5-4-8-35-39-33(28-73-35)56-47(68)57-39/h10-13,32-35,39,42,45,52-53,59,63H,2-9,14-28H2,1H3,(H,50,60)(H,51,61)(H,54,62)(H,55,58)(H,66,67)(H2,56,57,68)/t32-,33-,34-,35-,39-,42-,45-,48-/m1/s1. The molecule has 2 aromatic rings. The molecular formula is C48H71ClN8O15S. The van der Waals surface area contributed by atoms with E-state index in [9.17, 15) is 53.7 Å². The van der Waals surface area contributed by atoms with Crippen LogP contribution in [-0.2, 0) is 49.3 Å². The molecule has 0 unspecified atom stereocenters. The van der Waals surface area contributed by atoms with Crippen molar-refractivity contribution >= 4 is 70.4 Å². The van der Waals surface area contributed by atoms with Crippen molar-refractivity contribution in [2.75, 3.05) is 82.1 Å². The fourth-order valence-electron chi connectivity index (χ4n) is 8.68. The van der Waals surface area contributed by atoms with Gasteiger partial charge in [-0.25, -0.2) is 9.59 Å². The Hall–Kier alpha value is -5.08. The number of unbranched alkanes of at least 4 members (excludes halogenated alkanes) is 4. The van der Waals surface area contributed by atoms with E-state index >= 15 is 0 Å². The predicted molar refractivity (Wildman–Crippen MR) is 271 cm³/mol. The number of fused-ring (bicyclic) bond motifs is 1. The highest BCUT2D eigenvalue weighted by Crippen LogP contribution is 2.34. The summed E-state index contributed by atoms with van der Waals surface area (Å²) >= 11 is 7.76. The minimum Gasteiger partial charge on any atom is -0.477 e. The molecule has 3 fully saturated rings. The third kappa shape index (κ3) is 19.0. The number of amides is 6. The van der Waals surface area contributed by atoms with Crippen LogP contribution in [0.5, 0.6) is 0 Å². The summed E-state index contributed by atoms with van der Waals surface area (Å²) in [6, 6.07) is 6.02. The number of hydrogen-bond acceptors (Lipinski definition) is 17. The Labute approximate surface area is 432 Å². The topological polar surface area (TPSA) is 330 Å². The first-order valence-corrected chi connectivity index (χ1v) is 26.4. The Morgan fingerprint density at radius 3 is 2.15 bits per heavy atom. The molecule has 0 saturated carbocycles. The zero-order chi connectivity index (χ0) is 52.8. The van der Waals surface area contributed by atoms with Crippen molar-refractivity contribution in [2.45, 2.75) is 131 Å². The van der Waals surface area contributed by atoms with Gasteiger partial charge < -0.3 is 76.8 Å². The number of hydrogen-bond donors (Lipinski definition) is 11. The van der Waals surface area contributed by atoms with Crippen molar-refractivity contribution in [1.29, 1.82) is 0 Å². The largest absolute Gasteiger partial charge is 0.477 e. The Morgan fingerprint density at radius 1 is 0.795 bits per heavy atom. The van der Waals surface area contributed by atoms with E-state index in [1.54, 1.807) is 24.3 Å². The fourth-order valence-corrected chi connectivity index (χ4v) is 10.4. The summed E-state index contributed by atoms with van der Waals surface area (Å²) in [5.41, 5.74) is -0.237. The number of carbonyl (C=O) groups excluding carboxylic acids is 5. The van der Waals surface area contributed by atoms with Crippen LogP contribution in [0.1, 0.15) is 83.1 Å².